The number of hydrogen-bond acceptors (Lipinski definition) is 3. The van der Waals surface area contributed by atoms with Crippen LogP contribution in [0.4, 0.5) is 5.69 Å². The summed E-state index contributed by atoms with van der Waals surface area (Å²) in [4.78, 5) is 13.4. The average Bonchev–Trinajstić information content (AvgIpc) is 2.45. The maximum absolute atomic E-state index is 10.9. The van der Waals surface area contributed by atoms with E-state index in [2.05, 4.69) is 22.3 Å². The third kappa shape index (κ3) is 4.85. The molecule has 1 amide bonds. The highest BCUT2D eigenvalue weighted by Crippen LogP contribution is 2.17. The number of rotatable bonds is 5. The van der Waals surface area contributed by atoms with E-state index in [9.17, 15) is 4.79 Å². The third-order valence-corrected chi connectivity index (χ3v) is 4.04. The molecule has 1 aliphatic rings. The average molecular weight is 275 g/mol. The Labute approximate surface area is 121 Å². The molecule has 1 heterocycles. The van der Waals surface area contributed by atoms with Gasteiger partial charge in [-0.25, -0.2) is 0 Å². The quantitative estimate of drug-likeness (QED) is 0.804. The van der Waals surface area contributed by atoms with E-state index in [0.717, 1.165) is 38.3 Å². The zero-order valence-corrected chi connectivity index (χ0v) is 12.3. The van der Waals surface area contributed by atoms with Crippen molar-refractivity contribution in [3.8, 4) is 0 Å². The van der Waals surface area contributed by atoms with Crippen molar-refractivity contribution in [3.05, 3.63) is 29.8 Å². The number of carbonyl (C=O) groups is 1. The van der Waals surface area contributed by atoms with Crippen LogP contribution in [-0.4, -0.2) is 37.0 Å². The third-order valence-electron chi connectivity index (χ3n) is 4.04. The first-order chi connectivity index (χ1) is 9.63. The van der Waals surface area contributed by atoms with Gasteiger partial charge in [0.2, 0.25) is 5.91 Å². The number of benzene rings is 1. The van der Waals surface area contributed by atoms with Gasteiger partial charge in [-0.1, -0.05) is 12.1 Å². The van der Waals surface area contributed by atoms with E-state index in [0.29, 0.717) is 5.92 Å². The van der Waals surface area contributed by atoms with Crippen molar-refractivity contribution < 1.29 is 4.79 Å². The monoisotopic (exact) mass is 275 g/mol. The van der Waals surface area contributed by atoms with E-state index in [1.54, 1.807) is 6.92 Å². The first-order valence-corrected chi connectivity index (χ1v) is 7.44. The highest BCUT2D eigenvalue weighted by Gasteiger charge is 2.18. The summed E-state index contributed by atoms with van der Waals surface area (Å²) < 4.78 is 0. The van der Waals surface area contributed by atoms with Gasteiger partial charge in [0.1, 0.15) is 0 Å². The predicted molar refractivity (Wildman–Crippen MR) is 82.4 cm³/mol. The summed E-state index contributed by atoms with van der Waals surface area (Å²) in [6.07, 6.45) is 3.45. The topological polar surface area (TPSA) is 58.4 Å². The lowest BCUT2D eigenvalue weighted by Crippen LogP contribution is -2.39. The van der Waals surface area contributed by atoms with Crippen LogP contribution in [0.25, 0.3) is 0 Å². The largest absolute Gasteiger partial charge is 0.399 e. The molecule has 1 fully saturated rings. The van der Waals surface area contributed by atoms with Crippen LogP contribution in [0.15, 0.2) is 24.3 Å². The first-order valence-electron chi connectivity index (χ1n) is 7.44. The number of anilines is 1. The van der Waals surface area contributed by atoms with E-state index in [-0.39, 0.29) is 5.91 Å². The number of hydrogen-bond donors (Lipinski definition) is 2. The molecule has 0 atom stereocenters. The van der Waals surface area contributed by atoms with E-state index < -0.39 is 0 Å². The minimum Gasteiger partial charge on any atom is -0.399 e. The van der Waals surface area contributed by atoms with Crippen molar-refractivity contribution in [2.24, 2.45) is 5.92 Å². The van der Waals surface area contributed by atoms with Gasteiger partial charge in [-0.05, 0) is 56.0 Å². The number of piperidine rings is 1. The molecule has 110 valence electrons. The second kappa shape index (κ2) is 7.29. The molecule has 1 aliphatic heterocycles. The SMILES string of the molecule is CC(=O)NCC1CCN(CCc2ccc(N)cc2)CC1. The van der Waals surface area contributed by atoms with Crippen molar-refractivity contribution >= 4 is 11.6 Å². The molecule has 2 rings (SSSR count). The van der Waals surface area contributed by atoms with Crippen LogP contribution in [0.3, 0.4) is 0 Å². The molecule has 0 aromatic heterocycles. The van der Waals surface area contributed by atoms with E-state index in [4.69, 9.17) is 5.73 Å². The lowest BCUT2D eigenvalue weighted by molar-refractivity contribution is -0.119. The summed E-state index contributed by atoms with van der Waals surface area (Å²) in [5, 5.41) is 2.92. The second-order valence-electron chi connectivity index (χ2n) is 5.71. The van der Waals surface area contributed by atoms with Gasteiger partial charge in [-0.2, -0.15) is 0 Å². The Bertz CT molecular complexity index is 422. The molecule has 1 saturated heterocycles. The first kappa shape index (κ1) is 14.9. The summed E-state index contributed by atoms with van der Waals surface area (Å²) in [6.45, 7) is 5.80. The molecule has 0 unspecified atom stereocenters. The van der Waals surface area contributed by atoms with Gasteiger partial charge in [-0.15, -0.1) is 0 Å². The van der Waals surface area contributed by atoms with Crippen LogP contribution in [0.5, 0.6) is 0 Å². The Kier molecular flexibility index (Phi) is 5.41. The van der Waals surface area contributed by atoms with Crippen LogP contribution in [0.1, 0.15) is 25.3 Å². The van der Waals surface area contributed by atoms with Crippen molar-refractivity contribution in [1.29, 1.82) is 0 Å². The maximum atomic E-state index is 10.9. The molecule has 0 aliphatic carbocycles. The minimum atomic E-state index is 0.0794. The molecule has 0 spiro atoms. The van der Waals surface area contributed by atoms with Gasteiger partial charge >= 0.3 is 0 Å². The van der Waals surface area contributed by atoms with Gasteiger partial charge in [0.05, 0.1) is 0 Å². The van der Waals surface area contributed by atoms with Gasteiger partial charge in [0, 0.05) is 25.7 Å². The smallest absolute Gasteiger partial charge is 0.216 e. The fraction of sp³-hybridized carbons (Fsp3) is 0.562. The summed E-state index contributed by atoms with van der Waals surface area (Å²) in [6, 6.07) is 8.15. The van der Waals surface area contributed by atoms with Crippen molar-refractivity contribution in [2.75, 3.05) is 31.9 Å². The van der Waals surface area contributed by atoms with Gasteiger partial charge in [0.25, 0.3) is 0 Å². The van der Waals surface area contributed by atoms with Crippen LogP contribution < -0.4 is 11.1 Å². The Morgan fingerprint density at radius 1 is 1.30 bits per heavy atom. The lowest BCUT2D eigenvalue weighted by Gasteiger charge is -2.32. The van der Waals surface area contributed by atoms with E-state index in [1.807, 2.05) is 12.1 Å². The summed E-state index contributed by atoms with van der Waals surface area (Å²) in [5.41, 5.74) is 7.86. The molecule has 3 N–H and O–H groups in total. The van der Waals surface area contributed by atoms with Crippen molar-refractivity contribution in [3.63, 3.8) is 0 Å². The van der Waals surface area contributed by atoms with Crippen LogP contribution >= 0.6 is 0 Å². The molecule has 4 heteroatoms. The molecule has 1 aromatic carbocycles. The van der Waals surface area contributed by atoms with Crippen LogP contribution in [0.2, 0.25) is 0 Å². The summed E-state index contributed by atoms with van der Waals surface area (Å²) >= 11 is 0. The summed E-state index contributed by atoms with van der Waals surface area (Å²) in [5.74, 6) is 0.724. The standard InChI is InChI=1S/C16H25N3O/c1-13(20)18-12-15-7-10-19(11-8-15)9-6-14-2-4-16(17)5-3-14/h2-5,15H,6-12,17H2,1H3,(H,18,20). The van der Waals surface area contributed by atoms with Gasteiger partial charge in [-0.3, -0.25) is 4.79 Å². The fourth-order valence-electron chi connectivity index (χ4n) is 2.67. The lowest BCUT2D eigenvalue weighted by atomic mass is 9.96. The van der Waals surface area contributed by atoms with E-state index in [1.165, 1.54) is 18.4 Å². The number of nitrogens with zero attached hydrogens (tertiary/aromatic N) is 1. The molecule has 20 heavy (non-hydrogen) atoms. The molecule has 1 aromatic rings. The maximum Gasteiger partial charge on any atom is 0.216 e. The molecule has 0 bridgehead atoms. The number of nitrogen functional groups attached to an aromatic ring is 1. The summed E-state index contributed by atoms with van der Waals surface area (Å²) in [7, 11) is 0. The molecule has 0 radical (unpaired) electrons. The number of nitrogens with two attached hydrogens (primary N) is 1. The second-order valence-corrected chi connectivity index (χ2v) is 5.71. The predicted octanol–water partition coefficient (Wildman–Crippen LogP) is 1.66. The van der Waals surface area contributed by atoms with Crippen molar-refractivity contribution in [2.45, 2.75) is 26.2 Å². The molecular formula is C16H25N3O. The highest BCUT2D eigenvalue weighted by molar-refractivity contribution is 5.72. The molecule has 0 saturated carbocycles. The van der Waals surface area contributed by atoms with E-state index >= 15 is 0 Å². The van der Waals surface area contributed by atoms with Crippen molar-refractivity contribution in [1.82, 2.24) is 10.2 Å². The number of likely N-dealkylation sites (tertiary alicyclic amines) is 1. The number of nitrogens with one attached hydrogen (secondary N) is 1. The highest BCUT2D eigenvalue weighted by atomic mass is 16.1. The van der Waals surface area contributed by atoms with Gasteiger partial charge < -0.3 is 16.0 Å². The number of amides is 1. The van der Waals surface area contributed by atoms with Crippen LogP contribution in [-0.2, 0) is 11.2 Å². The molecular weight excluding hydrogens is 250 g/mol. The van der Waals surface area contributed by atoms with Gasteiger partial charge in [0.15, 0.2) is 0 Å². The zero-order valence-electron chi connectivity index (χ0n) is 12.3. The zero-order chi connectivity index (χ0) is 14.4. The number of carbonyl (C=O) groups excluding carboxylic acids is 1. The normalized spacial score (nSPS) is 17.1. The Balaban J connectivity index is 1.66. The Morgan fingerprint density at radius 2 is 1.95 bits per heavy atom. The molecule has 4 nitrogen and oxygen atoms in total. The van der Waals surface area contributed by atoms with Crippen LogP contribution in [0, 0.1) is 5.92 Å². The minimum absolute atomic E-state index is 0.0794. The Morgan fingerprint density at radius 3 is 2.55 bits per heavy atom. The Hall–Kier alpha value is -1.55. The fourth-order valence-corrected chi connectivity index (χ4v) is 2.67.